The number of amides is 2. The smallest absolute Gasteiger partial charge is 0.251 e. The zero-order valence-corrected chi connectivity index (χ0v) is 21.6. The first-order valence-electron chi connectivity index (χ1n) is 12.4. The highest BCUT2D eigenvalue weighted by Gasteiger charge is 2.31. The Balaban J connectivity index is 1.54. The molecule has 198 valence electrons. The van der Waals surface area contributed by atoms with Gasteiger partial charge in [-0.2, -0.15) is 0 Å². The molecule has 2 amide bonds. The molecule has 0 spiro atoms. The van der Waals surface area contributed by atoms with Crippen LogP contribution in [0.5, 0.6) is 0 Å². The van der Waals surface area contributed by atoms with Gasteiger partial charge in [0.05, 0.1) is 4.90 Å². The monoisotopic (exact) mass is 533 g/mol. The summed E-state index contributed by atoms with van der Waals surface area (Å²) < 4.78 is 24.0. The van der Waals surface area contributed by atoms with E-state index in [0.717, 1.165) is 32.1 Å². The maximum absolute atomic E-state index is 13.4. The predicted octanol–water partition coefficient (Wildman–Crippen LogP) is 3.60. The molecule has 1 atom stereocenters. The standard InChI is InChI=1S/C28H31N5O4S/c29-26(30)20-9-6-10-21(17-20)27(34)33-25(19-7-2-1-3-8-19)28(35)32-22-15-13-18(14-16-22)23-11-4-5-12-24(23)38(31,36)37/h4-6,9-17,19,25H,1-3,7-8H2,(H3,29,30)(H,32,35)(H,33,34)(H2,31,36,37)/t25-/m0/s1. The molecule has 0 unspecified atom stereocenters. The lowest BCUT2D eigenvalue weighted by Gasteiger charge is -2.30. The van der Waals surface area contributed by atoms with Gasteiger partial charge in [0, 0.05) is 22.4 Å². The number of rotatable bonds is 8. The van der Waals surface area contributed by atoms with Gasteiger partial charge in [0.1, 0.15) is 11.9 Å². The fraction of sp³-hybridized carbons (Fsp3) is 0.250. The highest BCUT2D eigenvalue weighted by molar-refractivity contribution is 7.89. The molecule has 3 aromatic carbocycles. The van der Waals surface area contributed by atoms with Gasteiger partial charge in [-0.25, -0.2) is 13.6 Å². The average Bonchev–Trinajstić information content (AvgIpc) is 2.92. The molecule has 0 aliphatic heterocycles. The number of primary sulfonamides is 1. The molecule has 9 nitrogen and oxygen atoms in total. The van der Waals surface area contributed by atoms with Crippen LogP contribution in [0.15, 0.2) is 77.7 Å². The van der Waals surface area contributed by atoms with Crippen LogP contribution in [-0.4, -0.2) is 32.1 Å². The van der Waals surface area contributed by atoms with Crippen LogP contribution < -0.4 is 21.5 Å². The molecular formula is C28H31N5O4S. The van der Waals surface area contributed by atoms with Gasteiger partial charge in [0.15, 0.2) is 0 Å². The van der Waals surface area contributed by atoms with Gasteiger partial charge in [0.25, 0.3) is 5.91 Å². The number of hydrogen-bond acceptors (Lipinski definition) is 5. The second-order valence-electron chi connectivity index (χ2n) is 9.45. The molecule has 7 N–H and O–H groups in total. The molecule has 1 aliphatic carbocycles. The summed E-state index contributed by atoms with van der Waals surface area (Å²) in [7, 11) is -3.91. The lowest BCUT2D eigenvalue weighted by atomic mass is 9.83. The first-order chi connectivity index (χ1) is 18.1. The van der Waals surface area contributed by atoms with E-state index in [-0.39, 0.29) is 22.6 Å². The van der Waals surface area contributed by atoms with Crippen molar-refractivity contribution in [2.45, 2.75) is 43.0 Å². The van der Waals surface area contributed by atoms with Gasteiger partial charge in [-0.15, -0.1) is 0 Å². The summed E-state index contributed by atoms with van der Waals surface area (Å²) in [5.74, 6) is -0.889. The Morgan fingerprint density at radius 1 is 0.895 bits per heavy atom. The minimum atomic E-state index is -3.91. The normalized spacial score (nSPS) is 14.9. The van der Waals surface area contributed by atoms with Crippen molar-refractivity contribution >= 4 is 33.4 Å². The van der Waals surface area contributed by atoms with Gasteiger partial charge in [-0.05, 0) is 54.7 Å². The maximum Gasteiger partial charge on any atom is 0.251 e. The average molecular weight is 534 g/mol. The van der Waals surface area contributed by atoms with Crippen molar-refractivity contribution in [2.75, 3.05) is 5.32 Å². The topological polar surface area (TPSA) is 168 Å². The molecule has 0 radical (unpaired) electrons. The van der Waals surface area contributed by atoms with Crippen molar-refractivity contribution in [3.8, 4) is 11.1 Å². The van der Waals surface area contributed by atoms with Crippen LogP contribution in [0.3, 0.4) is 0 Å². The molecule has 38 heavy (non-hydrogen) atoms. The van der Waals surface area contributed by atoms with Crippen molar-refractivity contribution in [1.29, 1.82) is 5.41 Å². The van der Waals surface area contributed by atoms with Crippen molar-refractivity contribution < 1.29 is 18.0 Å². The Bertz CT molecular complexity index is 1450. The molecule has 1 aliphatic rings. The number of carbonyl (C=O) groups excluding carboxylic acids is 2. The Hall–Kier alpha value is -4.02. The van der Waals surface area contributed by atoms with Gasteiger partial charge >= 0.3 is 0 Å². The quantitative estimate of drug-likeness (QED) is 0.220. The van der Waals surface area contributed by atoms with Gasteiger partial charge in [0.2, 0.25) is 15.9 Å². The van der Waals surface area contributed by atoms with E-state index in [2.05, 4.69) is 10.6 Å². The van der Waals surface area contributed by atoms with Crippen molar-refractivity contribution in [1.82, 2.24) is 5.32 Å². The van der Waals surface area contributed by atoms with Crippen molar-refractivity contribution in [3.05, 3.63) is 83.9 Å². The highest BCUT2D eigenvalue weighted by Crippen LogP contribution is 2.29. The summed E-state index contributed by atoms with van der Waals surface area (Å²) in [5.41, 5.74) is 7.93. The van der Waals surface area contributed by atoms with Crippen molar-refractivity contribution in [3.63, 3.8) is 0 Å². The molecule has 0 aromatic heterocycles. The Morgan fingerprint density at radius 2 is 1.55 bits per heavy atom. The first kappa shape index (κ1) is 27.0. The summed E-state index contributed by atoms with van der Waals surface area (Å²) in [6, 6.07) is 18.9. The number of benzene rings is 3. The number of carbonyl (C=O) groups is 2. The summed E-state index contributed by atoms with van der Waals surface area (Å²) in [6.45, 7) is 0. The Morgan fingerprint density at radius 3 is 2.21 bits per heavy atom. The molecule has 0 saturated heterocycles. The van der Waals surface area contributed by atoms with E-state index in [9.17, 15) is 18.0 Å². The number of nitrogen functional groups attached to an aromatic ring is 1. The van der Waals surface area contributed by atoms with Crippen LogP contribution in [-0.2, 0) is 14.8 Å². The lowest BCUT2D eigenvalue weighted by molar-refractivity contribution is -0.119. The van der Waals surface area contributed by atoms with E-state index < -0.39 is 22.0 Å². The molecule has 0 heterocycles. The molecule has 3 aromatic rings. The molecule has 0 bridgehead atoms. The molecule has 10 heteroatoms. The first-order valence-corrected chi connectivity index (χ1v) is 14.0. The second kappa shape index (κ2) is 11.6. The summed E-state index contributed by atoms with van der Waals surface area (Å²) in [6.07, 6.45) is 4.73. The molecule has 1 fully saturated rings. The third-order valence-corrected chi connectivity index (χ3v) is 7.75. The third-order valence-electron chi connectivity index (χ3n) is 6.78. The highest BCUT2D eigenvalue weighted by atomic mass is 32.2. The molecular weight excluding hydrogens is 502 g/mol. The number of hydrogen-bond donors (Lipinski definition) is 5. The van der Waals surface area contributed by atoms with E-state index in [1.165, 1.54) is 12.1 Å². The second-order valence-corrected chi connectivity index (χ2v) is 11.0. The molecule has 4 rings (SSSR count). The summed E-state index contributed by atoms with van der Waals surface area (Å²) >= 11 is 0. The number of nitrogens with two attached hydrogens (primary N) is 2. The van der Waals surface area contributed by atoms with Crippen LogP contribution in [0.1, 0.15) is 48.0 Å². The van der Waals surface area contributed by atoms with Crippen LogP contribution in [0, 0.1) is 11.3 Å². The van der Waals surface area contributed by atoms with Crippen LogP contribution in [0.25, 0.3) is 11.1 Å². The number of anilines is 1. The lowest BCUT2D eigenvalue weighted by Crippen LogP contribution is -2.49. The van der Waals surface area contributed by atoms with Gasteiger partial charge in [-0.3, -0.25) is 15.0 Å². The van der Waals surface area contributed by atoms with E-state index in [1.54, 1.807) is 60.7 Å². The largest absolute Gasteiger partial charge is 0.384 e. The van der Waals surface area contributed by atoms with Crippen LogP contribution >= 0.6 is 0 Å². The fourth-order valence-electron chi connectivity index (χ4n) is 4.82. The summed E-state index contributed by atoms with van der Waals surface area (Å²) in [4.78, 5) is 26.5. The number of nitrogens with one attached hydrogen (secondary N) is 3. The fourth-order valence-corrected chi connectivity index (χ4v) is 5.58. The SMILES string of the molecule is N=C(N)c1cccc(C(=O)N[C@H](C(=O)Nc2ccc(-c3ccccc3S(N)(=O)=O)cc2)C2CCCCC2)c1. The minimum Gasteiger partial charge on any atom is -0.384 e. The van der Waals surface area contributed by atoms with Crippen LogP contribution in [0.2, 0.25) is 0 Å². The van der Waals surface area contributed by atoms with Crippen molar-refractivity contribution in [2.24, 2.45) is 16.8 Å². The number of sulfonamides is 1. The maximum atomic E-state index is 13.4. The van der Waals surface area contributed by atoms with Crippen LogP contribution in [0.4, 0.5) is 5.69 Å². The van der Waals surface area contributed by atoms with E-state index in [0.29, 0.717) is 27.9 Å². The zero-order chi connectivity index (χ0) is 27.3. The Labute approximate surface area is 222 Å². The van der Waals surface area contributed by atoms with E-state index >= 15 is 0 Å². The van der Waals surface area contributed by atoms with Gasteiger partial charge in [-0.1, -0.05) is 61.7 Å². The zero-order valence-electron chi connectivity index (χ0n) is 20.8. The van der Waals surface area contributed by atoms with E-state index in [4.69, 9.17) is 16.3 Å². The summed E-state index contributed by atoms with van der Waals surface area (Å²) in [5, 5.41) is 18.8. The van der Waals surface area contributed by atoms with E-state index in [1.807, 2.05) is 0 Å². The van der Waals surface area contributed by atoms with Gasteiger partial charge < -0.3 is 16.4 Å². The number of amidine groups is 1. The predicted molar refractivity (Wildman–Crippen MR) is 147 cm³/mol. The Kier molecular flexibility index (Phi) is 8.23. The minimum absolute atomic E-state index is 0.00963. The molecule has 1 saturated carbocycles. The third kappa shape index (κ3) is 6.45.